The molecule has 9 aliphatic heterocycles. The van der Waals surface area contributed by atoms with Crippen LogP contribution in [0.5, 0.6) is 0 Å². The number of nitrogens with two attached hydrogens (primary N) is 1. The molecule has 0 aromatic heterocycles. The number of esters is 2. The molecular weight excluding hydrogens is 687 g/mol. The number of carbonyl (C=O) groups excluding carboxylic acids is 2. The molecule has 14 rings (SSSR count). The van der Waals surface area contributed by atoms with Crippen molar-refractivity contribution >= 4 is 11.9 Å². The number of aliphatic hydroxyl groups is 1. The lowest BCUT2D eigenvalue weighted by Gasteiger charge is -2.69. The van der Waals surface area contributed by atoms with Crippen LogP contribution in [0.25, 0.3) is 0 Å². The van der Waals surface area contributed by atoms with Gasteiger partial charge in [-0.05, 0) is 106 Å². The number of rotatable bonds is 6. The largest absolute Gasteiger partial charge is 0.509 e. The van der Waals surface area contributed by atoms with Crippen LogP contribution in [0.1, 0.15) is 119 Å². The number of aryl methyl sites for hydroxylation is 1. The van der Waals surface area contributed by atoms with E-state index in [4.69, 9.17) is 15.2 Å². The lowest BCUT2D eigenvalue weighted by atomic mass is 9.31. The Hall–Kier alpha value is -3.36. The number of fused-ring (bicyclic) bond motifs is 2. The van der Waals surface area contributed by atoms with Crippen molar-refractivity contribution in [1.29, 1.82) is 0 Å². The molecule has 3 N–H and O–H groups in total. The molecule has 55 heavy (non-hydrogen) atoms. The highest BCUT2D eigenvalue weighted by Gasteiger charge is 2.91. The third-order valence-corrected chi connectivity index (χ3v) is 16.8. The monoisotopic (exact) mass is 745 g/mol. The standard InChI is InChI=1S/C47H59N3O5/c1-3-8-39-45-23-32-16-17-46(45,47(39)35-13-6-11-30(12-7-18-48)40(35)43(52)55-47)42(54-44(45)53)38(51)22-37(29-9-4-5-10-29)49-24-28-21-33(26-49)36-15-14-31-19-27(2)20-34(32)41(31)50(36)25-28/h6,11,13-15,23,27-29,33-34,36-37,39,51H,3-5,7-10,12,16-22,24-26,48H2,1-2H3/b42-38-/t27-,28-,33+,34+,36+,37-,39+,45+,46-,47-/m1/s1. The smallest absolute Gasteiger partial charge is 0.339 e. The van der Waals surface area contributed by atoms with Crippen LogP contribution in [0.2, 0.25) is 0 Å². The molecule has 2 spiro atoms. The highest BCUT2D eigenvalue weighted by Crippen LogP contribution is 2.85. The molecule has 292 valence electrons. The van der Waals surface area contributed by atoms with E-state index < -0.39 is 16.4 Å². The summed E-state index contributed by atoms with van der Waals surface area (Å²) in [6.07, 6.45) is 20.5. The summed E-state index contributed by atoms with van der Waals surface area (Å²) in [6, 6.07) is 6.74. The summed E-state index contributed by atoms with van der Waals surface area (Å²) < 4.78 is 13.6. The summed E-state index contributed by atoms with van der Waals surface area (Å²) in [5, 5.41) is 12.9. The van der Waals surface area contributed by atoms with Crippen molar-refractivity contribution in [2.24, 2.45) is 52.1 Å². The maximum atomic E-state index is 15.2. The fraction of sp³-hybridized carbons (Fsp3) is 0.660. The molecule has 1 unspecified atom stereocenters. The lowest BCUT2D eigenvalue weighted by Crippen LogP contribution is -2.75. The molecule has 11 atom stereocenters. The van der Waals surface area contributed by atoms with Crippen molar-refractivity contribution in [3.8, 4) is 0 Å². The Morgan fingerprint density at radius 1 is 1.05 bits per heavy atom. The van der Waals surface area contributed by atoms with E-state index in [-0.39, 0.29) is 35.6 Å². The van der Waals surface area contributed by atoms with E-state index in [2.05, 4.69) is 54.0 Å². The van der Waals surface area contributed by atoms with Gasteiger partial charge in [-0.25, -0.2) is 4.79 Å². The predicted octanol–water partition coefficient (Wildman–Crippen LogP) is 7.85. The zero-order valence-corrected chi connectivity index (χ0v) is 32.9. The second kappa shape index (κ2) is 12.3. The van der Waals surface area contributed by atoms with Crippen LogP contribution in [-0.2, 0) is 26.3 Å². The summed E-state index contributed by atoms with van der Waals surface area (Å²) in [7, 11) is 0. The van der Waals surface area contributed by atoms with Gasteiger partial charge in [0.2, 0.25) is 0 Å². The summed E-state index contributed by atoms with van der Waals surface area (Å²) in [4.78, 5) is 35.2. The first-order valence-corrected chi connectivity index (χ1v) is 22.1. The van der Waals surface area contributed by atoms with E-state index in [1.807, 2.05) is 6.07 Å². The van der Waals surface area contributed by atoms with E-state index >= 15 is 4.79 Å². The van der Waals surface area contributed by atoms with Gasteiger partial charge in [-0.15, -0.1) is 0 Å². The quantitative estimate of drug-likeness (QED) is 0.224. The average Bonchev–Trinajstić information content (AvgIpc) is 3.89. The van der Waals surface area contributed by atoms with Gasteiger partial charge >= 0.3 is 11.9 Å². The van der Waals surface area contributed by atoms with Gasteiger partial charge < -0.3 is 25.2 Å². The van der Waals surface area contributed by atoms with Crippen LogP contribution in [-0.4, -0.2) is 65.1 Å². The van der Waals surface area contributed by atoms with Gasteiger partial charge in [-0.1, -0.05) is 75.1 Å². The normalized spacial score (nSPS) is 43.6. The predicted molar refractivity (Wildman–Crippen MR) is 209 cm³/mol. The molecule has 2 saturated carbocycles. The molecule has 5 fully saturated rings. The highest BCUT2D eigenvalue weighted by molar-refractivity contribution is 5.99. The first kappa shape index (κ1) is 34.9. The zero-order valence-electron chi connectivity index (χ0n) is 32.9. The van der Waals surface area contributed by atoms with Crippen LogP contribution in [0, 0.1) is 46.3 Å². The van der Waals surface area contributed by atoms with Crippen LogP contribution in [0.3, 0.4) is 0 Å². The van der Waals surface area contributed by atoms with Gasteiger partial charge in [0, 0.05) is 55.2 Å². The number of nitrogens with zero attached hydrogens (tertiary/aromatic N) is 2. The number of carbonyl (C=O) groups is 2. The Kier molecular flexibility index (Phi) is 7.81. The Morgan fingerprint density at radius 3 is 2.73 bits per heavy atom. The Bertz CT molecular complexity index is 1970. The van der Waals surface area contributed by atoms with E-state index in [9.17, 15) is 9.90 Å². The van der Waals surface area contributed by atoms with E-state index in [0.717, 1.165) is 62.9 Å². The van der Waals surface area contributed by atoms with E-state index in [0.29, 0.717) is 73.3 Å². The van der Waals surface area contributed by atoms with Crippen molar-refractivity contribution < 1.29 is 24.2 Å². The van der Waals surface area contributed by atoms with Crippen molar-refractivity contribution in [3.63, 3.8) is 0 Å². The number of ether oxygens (including phenoxy) is 2. The molecular formula is C47H59N3O5. The SMILES string of the molecule is CCC[C@@H]1[C@@]2(OC(=O)c3c(CCCN)cccc32)[C@@]23CCC4=C[C@@]12C(=O)O/C3=C(\O)C[C@H](C1CCCC1)N1C[C@H]2C[C@@H](C1)[C@@H]1C=CC3=C([C@H]4C[C@H](C)C3)N1C2. The minimum Gasteiger partial charge on any atom is -0.509 e. The molecule has 9 heterocycles. The Morgan fingerprint density at radius 2 is 1.91 bits per heavy atom. The first-order chi connectivity index (χ1) is 26.8. The summed E-state index contributed by atoms with van der Waals surface area (Å²) in [5.74, 6) is 2.15. The fourth-order valence-corrected chi connectivity index (χ4v) is 15.1. The third kappa shape index (κ3) is 4.37. The third-order valence-electron chi connectivity index (χ3n) is 16.8. The van der Waals surface area contributed by atoms with Gasteiger partial charge in [0.15, 0.2) is 11.4 Å². The van der Waals surface area contributed by atoms with Crippen molar-refractivity contribution in [3.05, 3.63) is 81.5 Å². The second-order valence-corrected chi connectivity index (χ2v) is 19.5. The molecule has 10 bridgehead atoms. The van der Waals surface area contributed by atoms with Gasteiger partial charge in [0.1, 0.15) is 11.2 Å². The maximum Gasteiger partial charge on any atom is 0.339 e. The van der Waals surface area contributed by atoms with Gasteiger partial charge in [0.25, 0.3) is 0 Å². The summed E-state index contributed by atoms with van der Waals surface area (Å²) >= 11 is 0. The number of hydrogen-bond donors (Lipinski definition) is 2. The van der Waals surface area contributed by atoms with Crippen molar-refractivity contribution in [1.82, 2.24) is 9.80 Å². The van der Waals surface area contributed by atoms with Gasteiger partial charge in [-0.3, -0.25) is 9.69 Å². The molecule has 8 heteroatoms. The molecule has 4 aliphatic carbocycles. The van der Waals surface area contributed by atoms with Gasteiger partial charge in [0.05, 0.1) is 17.0 Å². The Balaban J connectivity index is 1.17. The van der Waals surface area contributed by atoms with E-state index in [1.54, 1.807) is 0 Å². The minimum atomic E-state index is -1.10. The number of allylic oxidation sites excluding steroid dienone is 3. The topological polar surface area (TPSA) is 105 Å². The van der Waals surface area contributed by atoms with Crippen LogP contribution in [0.4, 0.5) is 0 Å². The molecule has 1 aromatic rings. The van der Waals surface area contributed by atoms with Crippen LogP contribution >= 0.6 is 0 Å². The van der Waals surface area contributed by atoms with Crippen LogP contribution in [0.15, 0.2) is 64.8 Å². The molecule has 0 amide bonds. The molecule has 1 aromatic carbocycles. The highest BCUT2D eigenvalue weighted by atomic mass is 16.6. The Labute approximate surface area is 326 Å². The second-order valence-electron chi connectivity index (χ2n) is 19.5. The number of aliphatic hydroxyl groups excluding tert-OH is 1. The zero-order chi connectivity index (χ0) is 37.4. The number of benzene rings is 1. The number of hydrogen-bond acceptors (Lipinski definition) is 8. The maximum absolute atomic E-state index is 15.2. The fourth-order valence-electron chi connectivity index (χ4n) is 15.1. The number of piperidine rings is 2. The average molecular weight is 746 g/mol. The van der Waals surface area contributed by atoms with Crippen molar-refractivity contribution in [2.75, 3.05) is 26.2 Å². The molecule has 0 radical (unpaired) electrons. The van der Waals surface area contributed by atoms with Crippen molar-refractivity contribution in [2.45, 2.75) is 121 Å². The summed E-state index contributed by atoms with van der Waals surface area (Å²) in [6.45, 7) is 8.28. The molecule has 3 saturated heterocycles. The molecule has 8 nitrogen and oxygen atoms in total. The minimum absolute atomic E-state index is 0.172. The lowest BCUT2D eigenvalue weighted by molar-refractivity contribution is -0.272. The molecule has 13 aliphatic rings. The van der Waals surface area contributed by atoms with E-state index in [1.165, 1.54) is 48.9 Å². The summed E-state index contributed by atoms with van der Waals surface area (Å²) in [5.41, 5.74) is 9.69. The first-order valence-electron chi connectivity index (χ1n) is 22.1. The van der Waals surface area contributed by atoms with Crippen LogP contribution < -0.4 is 5.73 Å². The van der Waals surface area contributed by atoms with Gasteiger partial charge in [-0.2, -0.15) is 0 Å².